The zero-order valence-electron chi connectivity index (χ0n) is 14.7. The molecule has 4 heteroatoms. The van der Waals surface area contributed by atoms with Crippen molar-refractivity contribution in [1.29, 1.82) is 0 Å². The number of hydrogen-bond acceptors (Lipinski definition) is 2. The molecule has 0 spiro atoms. The van der Waals surface area contributed by atoms with E-state index in [-0.39, 0.29) is 11.9 Å². The van der Waals surface area contributed by atoms with Gasteiger partial charge in [-0.15, -0.1) is 0 Å². The van der Waals surface area contributed by atoms with Crippen LogP contribution in [0.3, 0.4) is 0 Å². The molecule has 1 fully saturated rings. The molecule has 0 radical (unpaired) electrons. The molecule has 0 unspecified atom stereocenters. The van der Waals surface area contributed by atoms with Crippen molar-refractivity contribution in [2.45, 2.75) is 32.2 Å². The summed E-state index contributed by atoms with van der Waals surface area (Å²) in [6.07, 6.45) is 3.10. The molecule has 25 heavy (non-hydrogen) atoms. The topological polar surface area (TPSA) is 23.6 Å². The Morgan fingerprint density at radius 3 is 2.32 bits per heavy atom. The van der Waals surface area contributed by atoms with Crippen molar-refractivity contribution in [3.63, 3.8) is 0 Å². The molecule has 1 aliphatic heterocycles. The molecule has 132 valence electrons. The van der Waals surface area contributed by atoms with Gasteiger partial charge in [0.15, 0.2) is 0 Å². The molecule has 2 aromatic rings. The van der Waals surface area contributed by atoms with Gasteiger partial charge in [0, 0.05) is 43.3 Å². The summed E-state index contributed by atoms with van der Waals surface area (Å²) in [5, 5.41) is 0.697. The van der Waals surface area contributed by atoms with E-state index in [1.54, 1.807) is 6.92 Å². The summed E-state index contributed by atoms with van der Waals surface area (Å²) in [6, 6.07) is 18.5. The maximum absolute atomic E-state index is 12.2. The summed E-state index contributed by atoms with van der Waals surface area (Å²) in [5.74, 6) is 0.102. The molecule has 3 rings (SSSR count). The molecule has 1 saturated heterocycles. The van der Waals surface area contributed by atoms with Gasteiger partial charge in [-0.25, -0.2) is 0 Å². The maximum atomic E-state index is 12.2. The van der Waals surface area contributed by atoms with Crippen LogP contribution in [0.15, 0.2) is 54.6 Å². The number of piperidine rings is 1. The van der Waals surface area contributed by atoms with Crippen LogP contribution in [0.1, 0.15) is 25.3 Å². The normalized spacial score (nSPS) is 15.9. The van der Waals surface area contributed by atoms with Gasteiger partial charge in [-0.2, -0.15) is 0 Å². The lowest BCUT2D eigenvalue weighted by Crippen LogP contribution is -2.47. The Balaban J connectivity index is 1.56. The van der Waals surface area contributed by atoms with E-state index in [2.05, 4.69) is 35.2 Å². The number of nitrogens with zero attached hydrogens (tertiary/aromatic N) is 2. The Bertz CT molecular complexity index is 679. The number of hydrogen-bond donors (Lipinski definition) is 0. The van der Waals surface area contributed by atoms with Gasteiger partial charge in [0.2, 0.25) is 5.91 Å². The first-order valence-electron chi connectivity index (χ1n) is 8.95. The molecular formula is C21H25ClN2O. The van der Waals surface area contributed by atoms with Gasteiger partial charge in [0.05, 0.1) is 0 Å². The molecule has 1 amide bonds. The average molecular weight is 357 g/mol. The molecule has 1 aliphatic rings. The van der Waals surface area contributed by atoms with Crippen LogP contribution >= 0.6 is 11.6 Å². The van der Waals surface area contributed by atoms with Crippen molar-refractivity contribution in [3.05, 3.63) is 65.2 Å². The van der Waals surface area contributed by atoms with Crippen LogP contribution in [0.5, 0.6) is 0 Å². The minimum atomic E-state index is 0.102. The summed E-state index contributed by atoms with van der Waals surface area (Å²) in [6.45, 7) is 4.80. The maximum Gasteiger partial charge on any atom is 0.224 e. The lowest BCUT2D eigenvalue weighted by Gasteiger charge is -2.38. The second-order valence-electron chi connectivity index (χ2n) is 6.67. The summed E-state index contributed by atoms with van der Waals surface area (Å²) in [7, 11) is 0. The van der Waals surface area contributed by atoms with E-state index >= 15 is 0 Å². The van der Waals surface area contributed by atoms with Crippen molar-refractivity contribution in [3.8, 4) is 0 Å². The number of anilines is 1. The van der Waals surface area contributed by atoms with Gasteiger partial charge in [0.1, 0.15) is 0 Å². The number of benzene rings is 2. The van der Waals surface area contributed by atoms with Gasteiger partial charge >= 0.3 is 0 Å². The summed E-state index contributed by atoms with van der Waals surface area (Å²) < 4.78 is 0. The minimum absolute atomic E-state index is 0.102. The fraction of sp³-hybridized carbons (Fsp3) is 0.381. The quantitative estimate of drug-likeness (QED) is 0.792. The van der Waals surface area contributed by atoms with Crippen molar-refractivity contribution >= 4 is 23.2 Å². The SMILES string of the molecule is CC(=O)N(c1ccc(Cl)cc1)C1CCN(CCc2ccccc2)CC1. The number of carbonyl (C=O) groups is 1. The van der Waals surface area contributed by atoms with Crippen molar-refractivity contribution in [1.82, 2.24) is 4.90 Å². The van der Waals surface area contributed by atoms with Crippen molar-refractivity contribution in [2.24, 2.45) is 0 Å². The Morgan fingerprint density at radius 2 is 1.72 bits per heavy atom. The molecule has 0 atom stereocenters. The van der Waals surface area contributed by atoms with Gasteiger partial charge < -0.3 is 9.80 Å². The predicted molar refractivity (Wildman–Crippen MR) is 104 cm³/mol. The van der Waals surface area contributed by atoms with Crippen LogP contribution in [0, 0.1) is 0 Å². The number of halogens is 1. The van der Waals surface area contributed by atoms with Crippen LogP contribution in [-0.4, -0.2) is 36.5 Å². The van der Waals surface area contributed by atoms with Gasteiger partial charge in [-0.05, 0) is 49.1 Å². The Hall–Kier alpha value is -1.84. The minimum Gasteiger partial charge on any atom is -0.310 e. The Kier molecular flexibility index (Phi) is 6.11. The molecule has 0 aromatic heterocycles. The first-order chi connectivity index (χ1) is 12.1. The lowest BCUT2D eigenvalue weighted by molar-refractivity contribution is -0.117. The first-order valence-corrected chi connectivity index (χ1v) is 9.33. The van der Waals surface area contributed by atoms with Crippen LogP contribution in [0.25, 0.3) is 0 Å². The van der Waals surface area contributed by atoms with Gasteiger partial charge in [-0.1, -0.05) is 41.9 Å². The van der Waals surface area contributed by atoms with E-state index in [9.17, 15) is 4.79 Å². The van der Waals surface area contributed by atoms with Crippen LogP contribution < -0.4 is 4.90 Å². The molecule has 3 nitrogen and oxygen atoms in total. The Labute approximate surface area is 155 Å². The third-order valence-corrected chi connectivity index (χ3v) is 5.18. The zero-order chi connectivity index (χ0) is 17.6. The number of likely N-dealkylation sites (tertiary alicyclic amines) is 1. The van der Waals surface area contributed by atoms with E-state index < -0.39 is 0 Å². The number of amides is 1. The highest BCUT2D eigenvalue weighted by Gasteiger charge is 2.27. The molecule has 0 aliphatic carbocycles. The fourth-order valence-electron chi connectivity index (χ4n) is 3.58. The number of carbonyl (C=O) groups excluding carboxylic acids is 1. The summed E-state index contributed by atoms with van der Waals surface area (Å²) >= 11 is 5.98. The van der Waals surface area contributed by atoms with Crippen molar-refractivity contribution < 1.29 is 4.79 Å². The average Bonchev–Trinajstić information content (AvgIpc) is 2.63. The van der Waals surface area contributed by atoms with Crippen LogP contribution in [0.4, 0.5) is 5.69 Å². The molecule has 0 N–H and O–H groups in total. The smallest absolute Gasteiger partial charge is 0.224 e. The van der Waals surface area contributed by atoms with E-state index in [4.69, 9.17) is 11.6 Å². The fourth-order valence-corrected chi connectivity index (χ4v) is 3.71. The van der Waals surface area contributed by atoms with Crippen LogP contribution in [0.2, 0.25) is 5.02 Å². The van der Waals surface area contributed by atoms with Crippen molar-refractivity contribution in [2.75, 3.05) is 24.5 Å². The summed E-state index contributed by atoms with van der Waals surface area (Å²) in [4.78, 5) is 16.6. The first kappa shape index (κ1) is 18.0. The molecule has 2 aromatic carbocycles. The standard InChI is InChI=1S/C21H25ClN2O/c1-17(25)24(20-9-7-19(22)8-10-20)21-12-15-23(16-13-21)14-11-18-5-3-2-4-6-18/h2-10,21H,11-16H2,1H3. The van der Waals surface area contributed by atoms with Crippen LogP contribution in [-0.2, 0) is 11.2 Å². The predicted octanol–water partition coefficient (Wildman–Crippen LogP) is 4.40. The van der Waals surface area contributed by atoms with Gasteiger partial charge in [-0.3, -0.25) is 4.79 Å². The van der Waals surface area contributed by atoms with E-state index in [1.807, 2.05) is 29.2 Å². The third-order valence-electron chi connectivity index (χ3n) is 4.93. The highest BCUT2D eigenvalue weighted by atomic mass is 35.5. The molecular weight excluding hydrogens is 332 g/mol. The molecule has 0 bridgehead atoms. The lowest BCUT2D eigenvalue weighted by atomic mass is 10.0. The second-order valence-corrected chi connectivity index (χ2v) is 7.11. The van der Waals surface area contributed by atoms with E-state index in [0.29, 0.717) is 5.02 Å². The van der Waals surface area contributed by atoms with E-state index in [0.717, 1.165) is 44.6 Å². The summed E-state index contributed by atoms with van der Waals surface area (Å²) in [5.41, 5.74) is 2.33. The monoisotopic (exact) mass is 356 g/mol. The highest BCUT2D eigenvalue weighted by Crippen LogP contribution is 2.25. The molecule has 0 saturated carbocycles. The second kappa shape index (κ2) is 8.50. The third kappa shape index (κ3) is 4.83. The van der Waals surface area contributed by atoms with E-state index in [1.165, 1.54) is 5.56 Å². The zero-order valence-corrected chi connectivity index (χ0v) is 15.5. The largest absolute Gasteiger partial charge is 0.310 e. The number of rotatable bonds is 5. The molecule has 1 heterocycles. The highest BCUT2D eigenvalue weighted by molar-refractivity contribution is 6.30. The Morgan fingerprint density at radius 1 is 1.08 bits per heavy atom. The van der Waals surface area contributed by atoms with Gasteiger partial charge in [0.25, 0.3) is 0 Å².